The highest BCUT2D eigenvalue weighted by Gasteiger charge is 2.18. The molecule has 0 spiro atoms. The van der Waals surface area contributed by atoms with Crippen molar-refractivity contribution in [2.75, 3.05) is 25.2 Å². The fourth-order valence-electron chi connectivity index (χ4n) is 2.86. The van der Waals surface area contributed by atoms with Gasteiger partial charge in [-0.1, -0.05) is 29.8 Å². The van der Waals surface area contributed by atoms with Crippen LogP contribution >= 0.6 is 23.5 Å². The van der Waals surface area contributed by atoms with Crippen LogP contribution in [0.5, 0.6) is 5.75 Å². The van der Waals surface area contributed by atoms with Gasteiger partial charge in [0.1, 0.15) is 5.75 Å². The van der Waals surface area contributed by atoms with E-state index in [-0.39, 0.29) is 5.91 Å². The molecular weight excluding hydrogens is 350 g/mol. The van der Waals surface area contributed by atoms with Gasteiger partial charge < -0.3 is 10.1 Å². The zero-order valence-corrected chi connectivity index (χ0v) is 16.2. The summed E-state index contributed by atoms with van der Waals surface area (Å²) >= 11 is 3.95. The molecule has 0 aliphatic carbocycles. The van der Waals surface area contributed by atoms with Crippen molar-refractivity contribution in [1.82, 2.24) is 5.32 Å². The Balaban J connectivity index is 1.55. The van der Waals surface area contributed by atoms with Crippen LogP contribution in [-0.2, 0) is 6.42 Å². The van der Waals surface area contributed by atoms with Gasteiger partial charge in [0.25, 0.3) is 5.91 Å². The van der Waals surface area contributed by atoms with E-state index in [1.165, 1.54) is 22.6 Å². The predicted octanol–water partition coefficient (Wildman–Crippen LogP) is 4.45. The first-order valence-corrected chi connectivity index (χ1v) is 10.5. The summed E-state index contributed by atoms with van der Waals surface area (Å²) in [6, 6.07) is 14.1. The number of ether oxygens (including phenoxy) is 1. The van der Waals surface area contributed by atoms with Crippen LogP contribution in [0.1, 0.15) is 31.6 Å². The summed E-state index contributed by atoms with van der Waals surface area (Å²) in [6.07, 6.45) is 0.754. The van der Waals surface area contributed by atoms with Gasteiger partial charge in [-0.3, -0.25) is 4.79 Å². The third-order valence-corrected chi connectivity index (χ3v) is 7.29. The van der Waals surface area contributed by atoms with Crippen molar-refractivity contribution in [1.29, 1.82) is 0 Å². The van der Waals surface area contributed by atoms with Gasteiger partial charge in [0, 0.05) is 23.6 Å². The standard InChI is InChI=1S/C20H23NO2S2/c1-14-3-8-18(23-2)17(13-14)9-10-21-19(22)15-4-6-16(7-5-15)20-24-11-12-25-20/h3-8,13,20H,9-12H2,1-2H3,(H,21,22). The van der Waals surface area contributed by atoms with E-state index < -0.39 is 0 Å². The summed E-state index contributed by atoms with van der Waals surface area (Å²) in [5.41, 5.74) is 4.33. The lowest BCUT2D eigenvalue weighted by atomic mass is 10.1. The van der Waals surface area contributed by atoms with Crippen molar-refractivity contribution in [3.05, 3.63) is 64.7 Å². The summed E-state index contributed by atoms with van der Waals surface area (Å²) in [7, 11) is 1.68. The van der Waals surface area contributed by atoms with Gasteiger partial charge >= 0.3 is 0 Å². The lowest BCUT2D eigenvalue weighted by molar-refractivity contribution is 0.0954. The molecule has 0 bridgehead atoms. The average molecular weight is 374 g/mol. The molecule has 1 amide bonds. The number of amides is 1. The third-order valence-electron chi connectivity index (χ3n) is 4.18. The Morgan fingerprint density at radius 3 is 2.56 bits per heavy atom. The summed E-state index contributed by atoms with van der Waals surface area (Å²) in [5.74, 6) is 3.26. The van der Waals surface area contributed by atoms with E-state index in [4.69, 9.17) is 4.74 Å². The second-order valence-corrected chi connectivity index (χ2v) is 8.74. The first kappa shape index (κ1) is 18.2. The molecule has 1 heterocycles. The molecule has 25 heavy (non-hydrogen) atoms. The van der Waals surface area contributed by atoms with Crippen molar-refractivity contribution in [3.63, 3.8) is 0 Å². The molecule has 2 aromatic carbocycles. The first-order valence-electron chi connectivity index (χ1n) is 8.42. The van der Waals surface area contributed by atoms with Crippen LogP contribution in [0.4, 0.5) is 0 Å². The number of carbonyl (C=O) groups is 1. The molecule has 1 N–H and O–H groups in total. The van der Waals surface area contributed by atoms with Gasteiger partial charge in [-0.05, 0) is 42.7 Å². The van der Waals surface area contributed by atoms with Crippen molar-refractivity contribution in [3.8, 4) is 5.75 Å². The number of benzene rings is 2. The maximum Gasteiger partial charge on any atom is 0.251 e. The number of aryl methyl sites for hydroxylation is 1. The number of methoxy groups -OCH3 is 1. The molecule has 5 heteroatoms. The van der Waals surface area contributed by atoms with Gasteiger partial charge in [-0.15, -0.1) is 23.5 Å². The molecule has 0 aromatic heterocycles. The molecule has 1 aliphatic rings. The van der Waals surface area contributed by atoms with Crippen LogP contribution in [-0.4, -0.2) is 31.1 Å². The van der Waals surface area contributed by atoms with Crippen molar-refractivity contribution < 1.29 is 9.53 Å². The van der Waals surface area contributed by atoms with E-state index >= 15 is 0 Å². The molecule has 0 saturated carbocycles. The highest BCUT2D eigenvalue weighted by Crippen LogP contribution is 2.45. The molecule has 1 aliphatic heterocycles. The number of thioether (sulfide) groups is 2. The molecule has 1 fully saturated rings. The molecule has 2 aromatic rings. The van der Waals surface area contributed by atoms with Crippen LogP contribution in [0.15, 0.2) is 42.5 Å². The van der Waals surface area contributed by atoms with Gasteiger partial charge in [0.05, 0.1) is 11.7 Å². The Morgan fingerprint density at radius 1 is 1.16 bits per heavy atom. The third kappa shape index (κ3) is 4.73. The highest BCUT2D eigenvalue weighted by atomic mass is 32.2. The maximum atomic E-state index is 12.3. The second-order valence-electron chi connectivity index (χ2n) is 6.02. The van der Waals surface area contributed by atoms with E-state index in [0.717, 1.165) is 17.7 Å². The van der Waals surface area contributed by atoms with Gasteiger partial charge in [0.2, 0.25) is 0 Å². The Hall–Kier alpha value is -1.59. The van der Waals surface area contributed by atoms with Gasteiger partial charge in [-0.2, -0.15) is 0 Å². The molecule has 3 rings (SSSR count). The molecule has 0 unspecified atom stereocenters. The minimum absolute atomic E-state index is 0.0232. The van der Waals surface area contributed by atoms with Gasteiger partial charge in [-0.25, -0.2) is 0 Å². The Labute approximate surface area is 157 Å². The van der Waals surface area contributed by atoms with Crippen LogP contribution < -0.4 is 10.1 Å². The predicted molar refractivity (Wildman–Crippen MR) is 108 cm³/mol. The second kappa shape index (κ2) is 8.68. The number of hydrogen-bond donors (Lipinski definition) is 1. The van der Waals surface area contributed by atoms with Crippen molar-refractivity contribution >= 4 is 29.4 Å². The molecule has 0 atom stereocenters. The summed E-state index contributed by atoms with van der Waals surface area (Å²) in [5, 5.41) is 3.00. The molecule has 0 radical (unpaired) electrons. The van der Waals surface area contributed by atoms with Crippen molar-refractivity contribution in [2.24, 2.45) is 0 Å². The highest BCUT2D eigenvalue weighted by molar-refractivity contribution is 8.19. The SMILES string of the molecule is COc1ccc(C)cc1CCNC(=O)c1ccc(C2SCCS2)cc1. The minimum atomic E-state index is -0.0232. The molecular formula is C20H23NO2S2. The topological polar surface area (TPSA) is 38.3 Å². The molecule has 1 saturated heterocycles. The Bertz CT molecular complexity index is 725. The van der Waals surface area contributed by atoms with E-state index in [9.17, 15) is 4.79 Å². The zero-order valence-electron chi connectivity index (χ0n) is 14.6. The fourth-order valence-corrected chi connectivity index (χ4v) is 5.72. The van der Waals surface area contributed by atoms with Crippen LogP contribution in [0, 0.1) is 6.92 Å². The van der Waals surface area contributed by atoms with Crippen LogP contribution in [0.25, 0.3) is 0 Å². The fraction of sp³-hybridized carbons (Fsp3) is 0.350. The van der Waals surface area contributed by atoms with Crippen LogP contribution in [0.2, 0.25) is 0 Å². The summed E-state index contributed by atoms with van der Waals surface area (Å²) < 4.78 is 5.91. The summed E-state index contributed by atoms with van der Waals surface area (Å²) in [4.78, 5) is 12.3. The van der Waals surface area contributed by atoms with Gasteiger partial charge in [0.15, 0.2) is 0 Å². The largest absolute Gasteiger partial charge is 0.496 e. The minimum Gasteiger partial charge on any atom is -0.496 e. The Kier molecular flexibility index (Phi) is 6.32. The van der Waals surface area contributed by atoms with Crippen molar-refractivity contribution in [2.45, 2.75) is 17.9 Å². The van der Waals surface area contributed by atoms with E-state index in [1.807, 2.05) is 47.8 Å². The lowest BCUT2D eigenvalue weighted by Gasteiger charge is -2.11. The molecule has 132 valence electrons. The number of hydrogen-bond acceptors (Lipinski definition) is 4. The lowest BCUT2D eigenvalue weighted by Crippen LogP contribution is -2.25. The number of nitrogens with one attached hydrogen (secondary N) is 1. The number of rotatable bonds is 6. The molecule has 3 nitrogen and oxygen atoms in total. The zero-order chi connectivity index (χ0) is 17.6. The monoisotopic (exact) mass is 373 g/mol. The van der Waals surface area contributed by atoms with E-state index in [2.05, 4.69) is 30.4 Å². The normalized spacial score (nSPS) is 14.5. The quantitative estimate of drug-likeness (QED) is 0.812. The van der Waals surface area contributed by atoms with Crippen LogP contribution in [0.3, 0.4) is 0 Å². The number of carbonyl (C=O) groups excluding carboxylic acids is 1. The smallest absolute Gasteiger partial charge is 0.251 e. The average Bonchev–Trinajstić information content (AvgIpc) is 3.17. The first-order chi connectivity index (χ1) is 12.2. The maximum absolute atomic E-state index is 12.3. The summed E-state index contributed by atoms with van der Waals surface area (Å²) in [6.45, 7) is 2.65. The van der Waals surface area contributed by atoms with E-state index in [1.54, 1.807) is 7.11 Å². The van der Waals surface area contributed by atoms with E-state index in [0.29, 0.717) is 16.7 Å². The Morgan fingerprint density at radius 2 is 1.88 bits per heavy atom.